The van der Waals surface area contributed by atoms with Crippen LogP contribution in [0.15, 0.2) is 29.4 Å². The summed E-state index contributed by atoms with van der Waals surface area (Å²) in [5.74, 6) is 0.732. The first-order valence-corrected chi connectivity index (χ1v) is 6.22. The zero-order chi connectivity index (χ0) is 13.2. The first-order chi connectivity index (χ1) is 8.76. The SMILES string of the molecule is CCCCCC(=O)N/N=C\c1cccc(OC)c1. The van der Waals surface area contributed by atoms with Gasteiger partial charge in [0.25, 0.3) is 0 Å². The number of hydrazone groups is 1. The Labute approximate surface area is 108 Å². The summed E-state index contributed by atoms with van der Waals surface area (Å²) in [7, 11) is 1.62. The topological polar surface area (TPSA) is 50.7 Å². The van der Waals surface area contributed by atoms with Crippen molar-refractivity contribution in [3.63, 3.8) is 0 Å². The summed E-state index contributed by atoms with van der Waals surface area (Å²) in [4.78, 5) is 11.4. The van der Waals surface area contributed by atoms with Gasteiger partial charge in [-0.1, -0.05) is 31.9 Å². The number of amides is 1. The van der Waals surface area contributed by atoms with Crippen LogP contribution < -0.4 is 10.2 Å². The van der Waals surface area contributed by atoms with Crippen LogP contribution >= 0.6 is 0 Å². The van der Waals surface area contributed by atoms with Crippen molar-refractivity contribution in [1.82, 2.24) is 5.43 Å². The summed E-state index contributed by atoms with van der Waals surface area (Å²) < 4.78 is 5.10. The molecule has 1 rings (SSSR count). The molecule has 0 heterocycles. The van der Waals surface area contributed by atoms with Crippen LogP contribution in [0.5, 0.6) is 5.75 Å². The van der Waals surface area contributed by atoms with Gasteiger partial charge in [-0.05, 0) is 24.1 Å². The van der Waals surface area contributed by atoms with Gasteiger partial charge in [-0.2, -0.15) is 5.10 Å². The second-order valence-corrected chi connectivity index (χ2v) is 4.03. The van der Waals surface area contributed by atoms with Crippen LogP contribution in [0.3, 0.4) is 0 Å². The number of carbonyl (C=O) groups is 1. The van der Waals surface area contributed by atoms with Gasteiger partial charge in [0.05, 0.1) is 13.3 Å². The molecule has 0 aliphatic carbocycles. The predicted octanol–water partition coefficient (Wildman–Crippen LogP) is 2.73. The molecule has 18 heavy (non-hydrogen) atoms. The van der Waals surface area contributed by atoms with Crippen LogP contribution in [-0.2, 0) is 4.79 Å². The summed E-state index contributed by atoms with van der Waals surface area (Å²) in [6.07, 6.45) is 5.24. The van der Waals surface area contributed by atoms with Crippen molar-refractivity contribution in [3.05, 3.63) is 29.8 Å². The summed E-state index contributed by atoms with van der Waals surface area (Å²) in [6, 6.07) is 7.49. The van der Waals surface area contributed by atoms with E-state index in [0.717, 1.165) is 30.6 Å². The van der Waals surface area contributed by atoms with Gasteiger partial charge in [0, 0.05) is 6.42 Å². The molecular formula is C14H20N2O2. The molecule has 4 heteroatoms. The van der Waals surface area contributed by atoms with E-state index in [1.54, 1.807) is 13.3 Å². The van der Waals surface area contributed by atoms with Crippen LogP contribution in [0, 0.1) is 0 Å². The van der Waals surface area contributed by atoms with E-state index in [-0.39, 0.29) is 5.91 Å². The van der Waals surface area contributed by atoms with Crippen molar-refractivity contribution in [1.29, 1.82) is 0 Å². The maximum atomic E-state index is 11.4. The third kappa shape index (κ3) is 5.48. The molecule has 0 aromatic heterocycles. The Morgan fingerprint density at radius 3 is 3.00 bits per heavy atom. The summed E-state index contributed by atoms with van der Waals surface area (Å²) in [5, 5.41) is 3.92. The Morgan fingerprint density at radius 2 is 2.28 bits per heavy atom. The number of hydrogen-bond donors (Lipinski definition) is 1. The third-order valence-electron chi connectivity index (χ3n) is 2.50. The quantitative estimate of drug-likeness (QED) is 0.458. The second-order valence-electron chi connectivity index (χ2n) is 4.03. The number of carbonyl (C=O) groups excluding carboxylic acids is 1. The smallest absolute Gasteiger partial charge is 0.240 e. The van der Waals surface area contributed by atoms with E-state index < -0.39 is 0 Å². The highest BCUT2D eigenvalue weighted by Gasteiger charge is 1.98. The van der Waals surface area contributed by atoms with Crippen LogP contribution in [0.4, 0.5) is 0 Å². The zero-order valence-corrected chi connectivity index (χ0v) is 11.0. The van der Waals surface area contributed by atoms with Crippen LogP contribution in [-0.4, -0.2) is 19.2 Å². The van der Waals surface area contributed by atoms with Gasteiger partial charge in [0.2, 0.25) is 5.91 Å². The third-order valence-corrected chi connectivity index (χ3v) is 2.50. The van der Waals surface area contributed by atoms with Gasteiger partial charge >= 0.3 is 0 Å². The molecule has 0 aliphatic rings. The highest BCUT2D eigenvalue weighted by Crippen LogP contribution is 2.10. The molecule has 1 amide bonds. The van der Waals surface area contributed by atoms with Gasteiger partial charge in [-0.3, -0.25) is 4.79 Å². The van der Waals surface area contributed by atoms with Gasteiger partial charge in [0.15, 0.2) is 0 Å². The predicted molar refractivity (Wildman–Crippen MR) is 72.9 cm³/mol. The molecule has 98 valence electrons. The number of nitrogens with one attached hydrogen (secondary N) is 1. The largest absolute Gasteiger partial charge is 0.497 e. The molecule has 0 unspecified atom stereocenters. The molecular weight excluding hydrogens is 228 g/mol. The summed E-state index contributed by atoms with van der Waals surface area (Å²) in [5.41, 5.74) is 3.41. The van der Waals surface area contributed by atoms with E-state index in [2.05, 4.69) is 17.5 Å². The maximum absolute atomic E-state index is 11.4. The van der Waals surface area contributed by atoms with Crippen molar-refractivity contribution in [2.24, 2.45) is 5.10 Å². The lowest BCUT2D eigenvalue weighted by molar-refractivity contribution is -0.121. The van der Waals surface area contributed by atoms with Gasteiger partial charge in [0.1, 0.15) is 5.75 Å². The lowest BCUT2D eigenvalue weighted by Gasteiger charge is -2.00. The average Bonchev–Trinajstić information content (AvgIpc) is 2.39. The Kier molecular flexibility index (Phi) is 6.54. The average molecular weight is 248 g/mol. The van der Waals surface area contributed by atoms with Gasteiger partial charge in [-0.25, -0.2) is 5.43 Å². The monoisotopic (exact) mass is 248 g/mol. The van der Waals surface area contributed by atoms with Crippen molar-refractivity contribution >= 4 is 12.1 Å². The number of nitrogens with zero attached hydrogens (tertiary/aromatic N) is 1. The molecule has 0 radical (unpaired) electrons. The van der Waals surface area contributed by atoms with Crippen molar-refractivity contribution in [3.8, 4) is 5.75 Å². The lowest BCUT2D eigenvalue weighted by atomic mass is 10.2. The number of hydrogen-bond acceptors (Lipinski definition) is 3. The molecule has 0 bridgehead atoms. The van der Waals surface area contributed by atoms with Gasteiger partial charge in [-0.15, -0.1) is 0 Å². The van der Waals surface area contributed by atoms with Crippen LogP contribution in [0.1, 0.15) is 38.2 Å². The molecule has 0 atom stereocenters. The molecule has 0 spiro atoms. The number of rotatable bonds is 7. The Hall–Kier alpha value is -1.84. The molecule has 4 nitrogen and oxygen atoms in total. The summed E-state index contributed by atoms with van der Waals surface area (Å²) in [6.45, 7) is 2.11. The first kappa shape index (κ1) is 14.2. The highest BCUT2D eigenvalue weighted by molar-refractivity contribution is 5.82. The highest BCUT2D eigenvalue weighted by atomic mass is 16.5. The molecule has 0 fully saturated rings. The van der Waals surface area contributed by atoms with E-state index in [9.17, 15) is 4.79 Å². The number of benzene rings is 1. The van der Waals surface area contributed by atoms with E-state index in [1.165, 1.54) is 0 Å². The minimum atomic E-state index is -0.0393. The fourth-order valence-corrected chi connectivity index (χ4v) is 1.49. The second kappa shape index (κ2) is 8.28. The number of ether oxygens (including phenoxy) is 1. The standard InChI is InChI=1S/C14H20N2O2/c1-3-4-5-9-14(17)16-15-11-12-7-6-8-13(10-12)18-2/h6-8,10-11H,3-5,9H2,1-2H3,(H,16,17)/b15-11-. The first-order valence-electron chi connectivity index (χ1n) is 6.22. The fraction of sp³-hybridized carbons (Fsp3) is 0.429. The summed E-state index contributed by atoms with van der Waals surface area (Å²) >= 11 is 0. The molecule has 1 N–H and O–H groups in total. The molecule has 0 aliphatic heterocycles. The lowest BCUT2D eigenvalue weighted by Crippen LogP contribution is -2.16. The van der Waals surface area contributed by atoms with Crippen LogP contribution in [0.25, 0.3) is 0 Å². The molecule has 0 saturated carbocycles. The van der Waals surface area contributed by atoms with Crippen LogP contribution in [0.2, 0.25) is 0 Å². The normalized spacial score (nSPS) is 10.6. The van der Waals surface area contributed by atoms with E-state index in [1.807, 2.05) is 24.3 Å². The van der Waals surface area contributed by atoms with E-state index in [4.69, 9.17) is 4.74 Å². The zero-order valence-electron chi connectivity index (χ0n) is 11.0. The minimum Gasteiger partial charge on any atom is -0.497 e. The number of unbranched alkanes of at least 4 members (excludes halogenated alkanes) is 2. The van der Waals surface area contributed by atoms with E-state index >= 15 is 0 Å². The van der Waals surface area contributed by atoms with Gasteiger partial charge < -0.3 is 4.74 Å². The Balaban J connectivity index is 2.37. The van der Waals surface area contributed by atoms with Crippen molar-refractivity contribution < 1.29 is 9.53 Å². The molecule has 1 aromatic carbocycles. The minimum absolute atomic E-state index is 0.0393. The van der Waals surface area contributed by atoms with Crippen molar-refractivity contribution in [2.75, 3.05) is 7.11 Å². The maximum Gasteiger partial charge on any atom is 0.240 e. The Morgan fingerprint density at radius 1 is 1.44 bits per heavy atom. The number of methoxy groups -OCH3 is 1. The van der Waals surface area contributed by atoms with E-state index in [0.29, 0.717) is 6.42 Å². The van der Waals surface area contributed by atoms with Crippen molar-refractivity contribution in [2.45, 2.75) is 32.6 Å². The molecule has 0 saturated heterocycles. The fourth-order valence-electron chi connectivity index (χ4n) is 1.49. The molecule has 1 aromatic rings. The Bertz CT molecular complexity index is 403.